The third-order valence-corrected chi connectivity index (χ3v) is 4.47. The van der Waals surface area contributed by atoms with Gasteiger partial charge in [-0.05, 0) is 50.1 Å². The molecule has 5 nitrogen and oxygen atoms in total. The molecule has 0 fully saturated rings. The van der Waals surface area contributed by atoms with E-state index in [1.165, 1.54) is 5.56 Å². The molecule has 1 N–H and O–H groups in total. The number of hydrogen-bond donors (Lipinski definition) is 1. The van der Waals surface area contributed by atoms with Crippen LogP contribution in [0.2, 0.25) is 0 Å². The normalized spacial score (nSPS) is 10.8. The molecule has 0 aliphatic heterocycles. The lowest BCUT2D eigenvalue weighted by atomic mass is 10.1. The zero-order valence-electron chi connectivity index (χ0n) is 16.0. The van der Waals surface area contributed by atoms with Crippen molar-refractivity contribution in [2.24, 2.45) is 0 Å². The molecular formula is C22H25N3O2. The van der Waals surface area contributed by atoms with Crippen LogP contribution in [0.25, 0.3) is 0 Å². The number of hydrogen-bond acceptors (Lipinski definition) is 3. The van der Waals surface area contributed by atoms with E-state index in [0.717, 1.165) is 17.0 Å². The number of nitrogens with zero attached hydrogens (tertiary/aromatic N) is 2. The maximum atomic E-state index is 13.0. The summed E-state index contributed by atoms with van der Waals surface area (Å²) in [5, 5.41) is 7.10. The van der Waals surface area contributed by atoms with Crippen LogP contribution in [0.3, 0.4) is 0 Å². The van der Waals surface area contributed by atoms with Crippen molar-refractivity contribution in [1.82, 2.24) is 15.1 Å². The predicted octanol–water partition coefficient (Wildman–Crippen LogP) is 4.35. The Hall–Kier alpha value is -3.08. The van der Waals surface area contributed by atoms with Gasteiger partial charge in [-0.3, -0.25) is 9.89 Å². The molecule has 0 aliphatic rings. The molecule has 0 saturated heterocycles. The van der Waals surface area contributed by atoms with Gasteiger partial charge in [0, 0.05) is 12.6 Å². The molecule has 0 atom stereocenters. The van der Waals surface area contributed by atoms with Gasteiger partial charge in [0.1, 0.15) is 12.4 Å². The summed E-state index contributed by atoms with van der Waals surface area (Å²) in [4.78, 5) is 14.8. The second kappa shape index (κ2) is 8.54. The van der Waals surface area contributed by atoms with Crippen LogP contribution in [0.5, 0.6) is 5.75 Å². The minimum atomic E-state index is -0.0875. The third-order valence-electron chi connectivity index (χ3n) is 4.47. The molecule has 0 radical (unpaired) electrons. The van der Waals surface area contributed by atoms with Crippen LogP contribution in [-0.2, 0) is 13.2 Å². The van der Waals surface area contributed by atoms with E-state index in [1.807, 2.05) is 61.2 Å². The number of benzene rings is 2. The summed E-state index contributed by atoms with van der Waals surface area (Å²) in [6.07, 6.45) is 0. The Labute approximate surface area is 160 Å². The molecule has 0 saturated carbocycles. The fraction of sp³-hybridized carbons (Fsp3) is 0.273. The number of aromatic amines is 1. The van der Waals surface area contributed by atoms with E-state index in [4.69, 9.17) is 4.74 Å². The van der Waals surface area contributed by atoms with Crippen molar-refractivity contribution in [3.05, 3.63) is 83.2 Å². The van der Waals surface area contributed by atoms with Gasteiger partial charge in [-0.25, -0.2) is 0 Å². The highest BCUT2D eigenvalue weighted by Gasteiger charge is 2.22. The predicted molar refractivity (Wildman–Crippen MR) is 106 cm³/mol. The largest absolute Gasteiger partial charge is 0.487 e. The maximum Gasteiger partial charge on any atom is 0.274 e. The molecule has 3 aromatic rings. The third kappa shape index (κ3) is 4.76. The molecule has 1 aromatic heterocycles. The lowest BCUT2D eigenvalue weighted by Gasteiger charge is -2.26. The van der Waals surface area contributed by atoms with Gasteiger partial charge in [0.15, 0.2) is 5.69 Å². The van der Waals surface area contributed by atoms with E-state index in [1.54, 1.807) is 6.07 Å². The highest BCUT2D eigenvalue weighted by molar-refractivity contribution is 5.92. The van der Waals surface area contributed by atoms with Gasteiger partial charge in [0.25, 0.3) is 5.91 Å². The van der Waals surface area contributed by atoms with Gasteiger partial charge in [-0.2, -0.15) is 5.10 Å². The van der Waals surface area contributed by atoms with E-state index >= 15 is 0 Å². The average Bonchev–Trinajstić information content (AvgIpc) is 3.15. The van der Waals surface area contributed by atoms with E-state index in [9.17, 15) is 4.79 Å². The van der Waals surface area contributed by atoms with E-state index < -0.39 is 0 Å². The Balaban J connectivity index is 1.69. The van der Waals surface area contributed by atoms with Crippen molar-refractivity contribution in [2.45, 2.75) is 40.0 Å². The Morgan fingerprint density at radius 2 is 1.81 bits per heavy atom. The van der Waals surface area contributed by atoms with Crippen LogP contribution in [0.15, 0.2) is 60.7 Å². The van der Waals surface area contributed by atoms with Crippen LogP contribution in [0, 0.1) is 6.92 Å². The van der Waals surface area contributed by atoms with Crippen molar-refractivity contribution >= 4 is 5.91 Å². The Bertz CT molecular complexity index is 887. The highest BCUT2D eigenvalue weighted by Crippen LogP contribution is 2.16. The summed E-state index contributed by atoms with van der Waals surface area (Å²) in [5.74, 6) is 0.693. The topological polar surface area (TPSA) is 58.2 Å². The van der Waals surface area contributed by atoms with Crippen molar-refractivity contribution in [3.63, 3.8) is 0 Å². The lowest BCUT2D eigenvalue weighted by molar-refractivity contribution is 0.0684. The smallest absolute Gasteiger partial charge is 0.274 e. The number of H-pyrrole nitrogens is 1. The molecule has 2 aromatic carbocycles. The molecule has 3 rings (SSSR count). The minimum absolute atomic E-state index is 0.0674. The quantitative estimate of drug-likeness (QED) is 0.679. The van der Waals surface area contributed by atoms with Crippen LogP contribution < -0.4 is 4.74 Å². The lowest BCUT2D eigenvalue weighted by Crippen LogP contribution is -2.36. The fourth-order valence-electron chi connectivity index (χ4n) is 2.83. The number of para-hydroxylation sites is 1. The molecular weight excluding hydrogens is 338 g/mol. The SMILES string of the molecule is Cc1ccccc1CN(C(=O)c1cc(COc2ccccc2)[nH]n1)C(C)C. The molecule has 1 heterocycles. The molecule has 0 aliphatic carbocycles. The van der Waals surface area contributed by atoms with Crippen LogP contribution in [-0.4, -0.2) is 27.0 Å². The van der Waals surface area contributed by atoms with Gasteiger partial charge < -0.3 is 9.64 Å². The number of carbonyl (C=O) groups excluding carboxylic acids is 1. The van der Waals surface area contributed by atoms with Crippen molar-refractivity contribution < 1.29 is 9.53 Å². The summed E-state index contributed by atoms with van der Waals surface area (Å²) >= 11 is 0. The number of carbonyl (C=O) groups is 1. The molecule has 140 valence electrons. The summed E-state index contributed by atoms with van der Waals surface area (Å²) in [6, 6.07) is 19.5. The Morgan fingerprint density at radius 3 is 2.52 bits per heavy atom. The summed E-state index contributed by atoms with van der Waals surface area (Å²) in [7, 11) is 0. The Kier molecular flexibility index (Phi) is 5.91. The van der Waals surface area contributed by atoms with Gasteiger partial charge in [-0.1, -0.05) is 42.5 Å². The molecule has 27 heavy (non-hydrogen) atoms. The summed E-state index contributed by atoms with van der Waals surface area (Å²) in [5.41, 5.74) is 3.49. The Morgan fingerprint density at radius 1 is 1.11 bits per heavy atom. The van der Waals surface area contributed by atoms with Crippen molar-refractivity contribution in [3.8, 4) is 5.75 Å². The average molecular weight is 363 g/mol. The van der Waals surface area contributed by atoms with Gasteiger partial charge in [-0.15, -0.1) is 0 Å². The second-order valence-electron chi connectivity index (χ2n) is 6.83. The van der Waals surface area contributed by atoms with Crippen molar-refractivity contribution in [2.75, 3.05) is 0 Å². The van der Waals surface area contributed by atoms with E-state index in [-0.39, 0.29) is 11.9 Å². The molecule has 5 heteroatoms. The number of amides is 1. The zero-order chi connectivity index (χ0) is 19.2. The van der Waals surface area contributed by atoms with Crippen LogP contribution in [0.1, 0.15) is 41.2 Å². The standard InChI is InChI=1S/C22H25N3O2/c1-16(2)25(14-18-10-8-7-9-17(18)3)22(26)21-13-19(23-24-21)15-27-20-11-5-4-6-12-20/h4-13,16H,14-15H2,1-3H3,(H,23,24). The second-order valence-corrected chi connectivity index (χ2v) is 6.83. The first-order valence-electron chi connectivity index (χ1n) is 9.12. The van der Waals surface area contributed by atoms with Crippen molar-refractivity contribution in [1.29, 1.82) is 0 Å². The summed E-state index contributed by atoms with van der Waals surface area (Å²) in [6.45, 7) is 6.99. The van der Waals surface area contributed by atoms with Gasteiger partial charge in [0.05, 0.1) is 5.69 Å². The molecule has 1 amide bonds. The monoisotopic (exact) mass is 363 g/mol. The number of aryl methyl sites for hydroxylation is 1. The minimum Gasteiger partial charge on any atom is -0.487 e. The zero-order valence-corrected chi connectivity index (χ0v) is 16.0. The van der Waals surface area contributed by atoms with E-state index in [0.29, 0.717) is 18.8 Å². The number of nitrogens with one attached hydrogen (secondary N) is 1. The molecule has 0 bridgehead atoms. The number of aromatic nitrogens is 2. The van der Waals surface area contributed by atoms with Crippen LogP contribution in [0.4, 0.5) is 0 Å². The fourth-order valence-corrected chi connectivity index (χ4v) is 2.83. The molecule has 0 unspecified atom stereocenters. The van der Waals surface area contributed by atoms with Crippen LogP contribution >= 0.6 is 0 Å². The first-order valence-corrected chi connectivity index (χ1v) is 9.12. The van der Waals surface area contributed by atoms with Gasteiger partial charge >= 0.3 is 0 Å². The summed E-state index contributed by atoms with van der Waals surface area (Å²) < 4.78 is 5.71. The number of rotatable bonds is 7. The highest BCUT2D eigenvalue weighted by atomic mass is 16.5. The molecule has 0 spiro atoms. The first kappa shape index (κ1) is 18.7. The van der Waals surface area contributed by atoms with E-state index in [2.05, 4.69) is 29.3 Å². The first-order chi connectivity index (χ1) is 13.0. The maximum absolute atomic E-state index is 13.0. The van der Waals surface area contributed by atoms with Gasteiger partial charge in [0.2, 0.25) is 0 Å². The number of ether oxygens (including phenoxy) is 1.